The topological polar surface area (TPSA) is 9.23 Å². The number of aryl methyl sites for hydroxylation is 3. The second kappa shape index (κ2) is 6.03. The highest BCUT2D eigenvalue weighted by molar-refractivity contribution is 6.73. The SMILES string of the molecule is Cc1cc(C)c(COc2cc([B-](F)(F)F)ccc2F)c(C)c1. The largest absolute Gasteiger partial charge is 0.509 e. The van der Waals surface area contributed by atoms with Crippen LogP contribution in [0.1, 0.15) is 22.3 Å². The summed E-state index contributed by atoms with van der Waals surface area (Å²) >= 11 is 0. The molecule has 0 aliphatic rings. The monoisotopic (exact) mass is 311 g/mol. The normalized spacial score (nSPS) is 11.6. The Morgan fingerprint density at radius 1 is 0.955 bits per heavy atom. The van der Waals surface area contributed by atoms with Crippen LogP contribution in [-0.4, -0.2) is 6.98 Å². The van der Waals surface area contributed by atoms with E-state index in [0.29, 0.717) is 6.07 Å². The van der Waals surface area contributed by atoms with Gasteiger partial charge in [0.25, 0.3) is 0 Å². The number of hydrogen-bond donors (Lipinski definition) is 0. The quantitative estimate of drug-likeness (QED) is 0.601. The molecule has 0 amide bonds. The maximum Gasteiger partial charge on any atom is 0.509 e. The van der Waals surface area contributed by atoms with Crippen LogP contribution in [0.2, 0.25) is 0 Å². The van der Waals surface area contributed by atoms with Crippen molar-refractivity contribution in [1.82, 2.24) is 0 Å². The van der Waals surface area contributed by atoms with Crippen LogP contribution in [0.4, 0.5) is 17.3 Å². The summed E-state index contributed by atoms with van der Waals surface area (Å²) in [5, 5.41) is 0. The van der Waals surface area contributed by atoms with Gasteiger partial charge in [-0.25, -0.2) is 4.39 Å². The molecule has 0 radical (unpaired) electrons. The lowest BCUT2D eigenvalue weighted by molar-refractivity contribution is 0.289. The van der Waals surface area contributed by atoms with Crippen LogP contribution >= 0.6 is 0 Å². The van der Waals surface area contributed by atoms with Crippen LogP contribution in [0.5, 0.6) is 5.75 Å². The molecule has 22 heavy (non-hydrogen) atoms. The van der Waals surface area contributed by atoms with Crippen molar-refractivity contribution in [3.63, 3.8) is 0 Å². The smallest absolute Gasteiger partial charge is 0.486 e. The fourth-order valence-corrected chi connectivity index (χ4v) is 2.42. The van der Waals surface area contributed by atoms with Gasteiger partial charge in [0, 0.05) is 0 Å². The maximum atomic E-state index is 13.6. The highest BCUT2D eigenvalue weighted by atomic mass is 19.4. The Hall–Kier alpha value is -1.98. The van der Waals surface area contributed by atoms with Crippen molar-refractivity contribution in [3.8, 4) is 5.75 Å². The zero-order valence-corrected chi connectivity index (χ0v) is 12.6. The van der Waals surface area contributed by atoms with E-state index in [0.717, 1.165) is 34.4 Å². The predicted octanol–water partition coefficient (Wildman–Crippen LogP) is 4.38. The van der Waals surface area contributed by atoms with E-state index >= 15 is 0 Å². The first-order valence-electron chi connectivity index (χ1n) is 6.87. The van der Waals surface area contributed by atoms with Crippen molar-refractivity contribution in [3.05, 3.63) is 58.4 Å². The van der Waals surface area contributed by atoms with Gasteiger partial charge in [-0.1, -0.05) is 23.8 Å². The Labute approximate surface area is 127 Å². The summed E-state index contributed by atoms with van der Waals surface area (Å²) in [6, 6.07) is 6.14. The Kier molecular flexibility index (Phi) is 4.49. The van der Waals surface area contributed by atoms with Crippen molar-refractivity contribution in [2.24, 2.45) is 0 Å². The molecule has 2 aromatic carbocycles. The van der Waals surface area contributed by atoms with E-state index in [2.05, 4.69) is 0 Å². The summed E-state index contributed by atoms with van der Waals surface area (Å²) < 4.78 is 57.1. The van der Waals surface area contributed by atoms with Crippen LogP contribution in [0.3, 0.4) is 0 Å². The molecule has 0 aliphatic heterocycles. The molecule has 0 spiro atoms. The molecule has 0 N–H and O–H groups in total. The molecule has 0 atom stereocenters. The predicted molar refractivity (Wildman–Crippen MR) is 80.1 cm³/mol. The molecule has 0 bridgehead atoms. The fourth-order valence-electron chi connectivity index (χ4n) is 2.42. The summed E-state index contributed by atoms with van der Waals surface area (Å²) in [6.07, 6.45) is 0. The summed E-state index contributed by atoms with van der Waals surface area (Å²) in [4.78, 5) is 0. The molecule has 0 unspecified atom stereocenters. The molecule has 0 fully saturated rings. The van der Waals surface area contributed by atoms with Crippen LogP contribution in [-0.2, 0) is 6.61 Å². The zero-order chi connectivity index (χ0) is 16.5. The van der Waals surface area contributed by atoms with Crippen molar-refractivity contribution in [2.75, 3.05) is 0 Å². The van der Waals surface area contributed by atoms with Gasteiger partial charge in [0.05, 0.1) is 0 Å². The first kappa shape index (κ1) is 16.4. The molecule has 0 aliphatic carbocycles. The molecular formula is C16H16BF4O-. The molecule has 0 saturated carbocycles. The van der Waals surface area contributed by atoms with Crippen molar-refractivity contribution in [1.29, 1.82) is 0 Å². The molecule has 0 heterocycles. The van der Waals surface area contributed by atoms with Crippen molar-refractivity contribution < 1.29 is 22.1 Å². The number of benzene rings is 2. The zero-order valence-electron chi connectivity index (χ0n) is 12.6. The van der Waals surface area contributed by atoms with E-state index in [4.69, 9.17) is 4.74 Å². The first-order valence-corrected chi connectivity index (χ1v) is 6.87. The molecular weight excluding hydrogens is 295 g/mol. The third kappa shape index (κ3) is 3.61. The first-order chi connectivity index (χ1) is 10.2. The van der Waals surface area contributed by atoms with Gasteiger partial charge in [-0.05, 0) is 49.6 Å². The number of hydrogen-bond acceptors (Lipinski definition) is 1. The maximum absolute atomic E-state index is 13.6. The molecule has 0 saturated heterocycles. The third-order valence-corrected chi connectivity index (χ3v) is 3.55. The van der Waals surface area contributed by atoms with E-state index in [1.165, 1.54) is 0 Å². The fraction of sp³-hybridized carbons (Fsp3) is 0.250. The van der Waals surface area contributed by atoms with E-state index < -0.39 is 18.3 Å². The lowest BCUT2D eigenvalue weighted by atomic mass is 9.80. The number of rotatable bonds is 4. The molecule has 6 heteroatoms. The van der Waals surface area contributed by atoms with Crippen LogP contribution in [0.25, 0.3) is 0 Å². The number of ether oxygens (including phenoxy) is 1. The lowest BCUT2D eigenvalue weighted by Gasteiger charge is -2.17. The lowest BCUT2D eigenvalue weighted by Crippen LogP contribution is -2.34. The van der Waals surface area contributed by atoms with Gasteiger partial charge in [-0.15, -0.1) is 5.46 Å². The Morgan fingerprint density at radius 2 is 1.55 bits per heavy atom. The minimum atomic E-state index is -5.18. The van der Waals surface area contributed by atoms with E-state index in [1.54, 1.807) is 0 Å². The van der Waals surface area contributed by atoms with Gasteiger partial charge in [-0.3, -0.25) is 0 Å². The van der Waals surface area contributed by atoms with Gasteiger partial charge < -0.3 is 17.7 Å². The molecule has 2 aromatic rings. The molecule has 2 rings (SSSR count). The highest BCUT2D eigenvalue weighted by Gasteiger charge is 2.26. The Bertz CT molecular complexity index is 672. The molecule has 1 nitrogen and oxygen atoms in total. The Morgan fingerprint density at radius 3 is 2.09 bits per heavy atom. The van der Waals surface area contributed by atoms with Gasteiger partial charge in [0.2, 0.25) is 0 Å². The standard InChI is InChI=1S/C16H16BF4O/c1-10-6-11(2)14(12(3)7-10)9-22-16-8-13(17(19,20)21)4-5-15(16)18/h4-8H,9H2,1-3H3/q-1. The summed E-state index contributed by atoms with van der Waals surface area (Å²) in [6.45, 7) is 0.598. The van der Waals surface area contributed by atoms with Crippen LogP contribution < -0.4 is 10.2 Å². The van der Waals surface area contributed by atoms with Gasteiger partial charge in [0.1, 0.15) is 6.61 Å². The van der Waals surface area contributed by atoms with Gasteiger partial charge in [-0.2, -0.15) is 0 Å². The minimum absolute atomic E-state index is 0.0309. The van der Waals surface area contributed by atoms with Gasteiger partial charge in [0.15, 0.2) is 11.6 Å². The van der Waals surface area contributed by atoms with Crippen LogP contribution in [0.15, 0.2) is 30.3 Å². The highest BCUT2D eigenvalue weighted by Crippen LogP contribution is 2.22. The summed E-state index contributed by atoms with van der Waals surface area (Å²) in [5.74, 6) is -1.18. The van der Waals surface area contributed by atoms with Crippen molar-refractivity contribution in [2.45, 2.75) is 27.4 Å². The minimum Gasteiger partial charge on any atom is -0.486 e. The van der Waals surface area contributed by atoms with E-state index in [-0.39, 0.29) is 12.4 Å². The summed E-state index contributed by atoms with van der Waals surface area (Å²) in [5.41, 5.74) is 3.01. The van der Waals surface area contributed by atoms with Gasteiger partial charge >= 0.3 is 6.98 Å². The van der Waals surface area contributed by atoms with E-state index in [9.17, 15) is 17.3 Å². The van der Waals surface area contributed by atoms with Crippen molar-refractivity contribution >= 4 is 12.4 Å². The summed E-state index contributed by atoms with van der Waals surface area (Å²) in [7, 11) is 0. The second-order valence-electron chi connectivity index (χ2n) is 5.43. The van der Waals surface area contributed by atoms with Crippen LogP contribution in [0, 0.1) is 26.6 Å². The Balaban J connectivity index is 2.26. The number of halogens is 4. The average molecular weight is 311 g/mol. The third-order valence-electron chi connectivity index (χ3n) is 3.55. The average Bonchev–Trinajstić information content (AvgIpc) is 2.38. The molecule has 0 aromatic heterocycles. The van der Waals surface area contributed by atoms with E-state index in [1.807, 2.05) is 32.9 Å². The second-order valence-corrected chi connectivity index (χ2v) is 5.43. The molecule has 118 valence electrons.